The molecule has 0 fully saturated rings. The standard InChI is InChI=1S/C12H13BrClNO/c1-7(16)15-6-12(2,3)9-4-8(14)5-10(13)11(9)15/h4-5H,6H2,1-3H3. The zero-order valence-electron chi connectivity index (χ0n) is 9.47. The molecule has 86 valence electrons. The van der Waals surface area contributed by atoms with Gasteiger partial charge >= 0.3 is 0 Å². The molecule has 0 atom stereocenters. The van der Waals surface area contributed by atoms with Crippen LogP contribution in [0.5, 0.6) is 0 Å². The molecule has 0 N–H and O–H groups in total. The topological polar surface area (TPSA) is 20.3 Å². The maximum atomic E-state index is 11.6. The van der Waals surface area contributed by atoms with Gasteiger partial charge in [0.25, 0.3) is 0 Å². The highest BCUT2D eigenvalue weighted by Gasteiger charge is 2.38. The molecule has 1 aliphatic rings. The van der Waals surface area contributed by atoms with Gasteiger partial charge in [0.2, 0.25) is 5.91 Å². The molecule has 0 spiro atoms. The number of hydrogen-bond donors (Lipinski definition) is 0. The lowest BCUT2D eigenvalue weighted by molar-refractivity contribution is -0.116. The van der Waals surface area contributed by atoms with E-state index in [2.05, 4.69) is 29.8 Å². The highest BCUT2D eigenvalue weighted by Crippen LogP contribution is 2.46. The van der Waals surface area contributed by atoms with E-state index in [9.17, 15) is 4.79 Å². The van der Waals surface area contributed by atoms with Crippen molar-refractivity contribution in [2.24, 2.45) is 0 Å². The Kier molecular flexibility index (Phi) is 2.79. The van der Waals surface area contributed by atoms with Crippen molar-refractivity contribution in [2.45, 2.75) is 26.2 Å². The number of hydrogen-bond acceptors (Lipinski definition) is 1. The molecule has 1 aromatic rings. The number of nitrogens with zero attached hydrogens (tertiary/aromatic N) is 1. The average molecular weight is 303 g/mol. The third-order valence-electron chi connectivity index (χ3n) is 2.96. The lowest BCUT2D eigenvalue weighted by atomic mass is 9.87. The maximum absolute atomic E-state index is 11.6. The van der Waals surface area contributed by atoms with Crippen LogP contribution in [0, 0.1) is 0 Å². The van der Waals surface area contributed by atoms with E-state index in [-0.39, 0.29) is 11.3 Å². The molecule has 2 rings (SSSR count). The summed E-state index contributed by atoms with van der Waals surface area (Å²) in [5, 5.41) is 0.698. The number of carbonyl (C=O) groups is 1. The summed E-state index contributed by atoms with van der Waals surface area (Å²) >= 11 is 9.53. The van der Waals surface area contributed by atoms with Crippen molar-refractivity contribution in [3.63, 3.8) is 0 Å². The van der Waals surface area contributed by atoms with Crippen LogP contribution < -0.4 is 4.90 Å². The minimum Gasteiger partial charge on any atom is -0.310 e. The Balaban J connectivity index is 2.68. The maximum Gasteiger partial charge on any atom is 0.223 e. The van der Waals surface area contributed by atoms with Crippen LogP contribution in [-0.2, 0) is 10.2 Å². The summed E-state index contributed by atoms with van der Waals surface area (Å²) in [4.78, 5) is 13.4. The summed E-state index contributed by atoms with van der Waals surface area (Å²) in [5.74, 6) is 0.0647. The van der Waals surface area contributed by atoms with E-state index in [1.165, 1.54) is 0 Å². The van der Waals surface area contributed by atoms with Crippen LogP contribution in [0.2, 0.25) is 5.02 Å². The summed E-state index contributed by atoms with van der Waals surface area (Å²) in [6, 6.07) is 3.78. The van der Waals surface area contributed by atoms with Crippen LogP contribution in [0.4, 0.5) is 5.69 Å². The van der Waals surface area contributed by atoms with E-state index in [0.717, 1.165) is 15.7 Å². The first-order chi connectivity index (χ1) is 7.33. The fourth-order valence-corrected chi connectivity index (χ4v) is 3.21. The Morgan fingerprint density at radius 2 is 2.12 bits per heavy atom. The molecular formula is C12H13BrClNO. The number of fused-ring (bicyclic) bond motifs is 1. The molecule has 0 aromatic heterocycles. The molecule has 1 aliphatic heterocycles. The van der Waals surface area contributed by atoms with Crippen molar-refractivity contribution in [3.05, 3.63) is 27.2 Å². The van der Waals surface area contributed by atoms with Crippen LogP contribution in [0.15, 0.2) is 16.6 Å². The average Bonchev–Trinajstić information content (AvgIpc) is 2.39. The molecule has 1 aromatic carbocycles. The summed E-state index contributed by atoms with van der Waals surface area (Å²) in [6.45, 7) is 6.54. The van der Waals surface area contributed by atoms with Crippen LogP contribution in [0.3, 0.4) is 0 Å². The van der Waals surface area contributed by atoms with Crippen molar-refractivity contribution in [2.75, 3.05) is 11.4 Å². The van der Waals surface area contributed by atoms with Gasteiger partial charge in [0, 0.05) is 28.4 Å². The molecule has 1 heterocycles. The second kappa shape index (κ2) is 3.74. The van der Waals surface area contributed by atoms with Gasteiger partial charge in [-0.2, -0.15) is 0 Å². The predicted molar refractivity (Wildman–Crippen MR) is 70.2 cm³/mol. The van der Waals surface area contributed by atoms with E-state index in [0.29, 0.717) is 11.6 Å². The zero-order valence-corrected chi connectivity index (χ0v) is 11.8. The van der Waals surface area contributed by atoms with Gasteiger partial charge in [-0.3, -0.25) is 4.79 Å². The SMILES string of the molecule is CC(=O)N1CC(C)(C)c2cc(Cl)cc(Br)c21. The smallest absolute Gasteiger partial charge is 0.223 e. The molecule has 2 nitrogen and oxygen atoms in total. The lowest BCUT2D eigenvalue weighted by Gasteiger charge is -2.19. The second-order valence-electron chi connectivity index (χ2n) is 4.77. The number of rotatable bonds is 0. The summed E-state index contributed by atoms with van der Waals surface area (Å²) < 4.78 is 0.885. The molecular weight excluding hydrogens is 289 g/mol. The van der Waals surface area contributed by atoms with Gasteiger partial charge < -0.3 is 4.90 Å². The van der Waals surface area contributed by atoms with Crippen molar-refractivity contribution in [1.29, 1.82) is 0 Å². The Morgan fingerprint density at radius 3 is 2.69 bits per heavy atom. The minimum atomic E-state index is -0.0472. The van der Waals surface area contributed by atoms with Gasteiger partial charge in [-0.25, -0.2) is 0 Å². The molecule has 16 heavy (non-hydrogen) atoms. The first-order valence-corrected chi connectivity index (χ1v) is 6.27. The Hall–Kier alpha value is -0.540. The molecule has 0 aliphatic carbocycles. The third-order valence-corrected chi connectivity index (χ3v) is 3.78. The summed E-state index contributed by atoms with van der Waals surface area (Å²) in [5.41, 5.74) is 2.04. The van der Waals surface area contributed by atoms with Crippen molar-refractivity contribution >= 4 is 39.1 Å². The van der Waals surface area contributed by atoms with Gasteiger partial charge in [0.05, 0.1) is 5.69 Å². The van der Waals surface area contributed by atoms with Crippen LogP contribution in [0.25, 0.3) is 0 Å². The third kappa shape index (κ3) is 1.76. The normalized spacial score (nSPS) is 17.4. The molecule has 0 saturated heterocycles. The largest absolute Gasteiger partial charge is 0.310 e. The highest BCUT2D eigenvalue weighted by molar-refractivity contribution is 9.10. The van der Waals surface area contributed by atoms with Crippen LogP contribution >= 0.6 is 27.5 Å². The van der Waals surface area contributed by atoms with E-state index in [1.807, 2.05) is 12.1 Å². The minimum absolute atomic E-state index is 0.0472. The van der Waals surface area contributed by atoms with E-state index in [4.69, 9.17) is 11.6 Å². The zero-order chi connectivity index (χ0) is 12.1. The highest BCUT2D eigenvalue weighted by atomic mass is 79.9. The van der Waals surface area contributed by atoms with Gasteiger partial charge in [0.1, 0.15) is 0 Å². The van der Waals surface area contributed by atoms with E-state index < -0.39 is 0 Å². The fraction of sp³-hybridized carbons (Fsp3) is 0.417. The lowest BCUT2D eigenvalue weighted by Crippen LogP contribution is -2.32. The monoisotopic (exact) mass is 301 g/mol. The number of anilines is 1. The predicted octanol–water partition coefficient (Wildman–Crippen LogP) is 3.75. The summed E-state index contributed by atoms with van der Waals surface area (Å²) in [6.07, 6.45) is 0. The van der Waals surface area contributed by atoms with Gasteiger partial charge in [0.15, 0.2) is 0 Å². The van der Waals surface area contributed by atoms with Crippen molar-refractivity contribution < 1.29 is 4.79 Å². The molecule has 0 saturated carbocycles. The number of benzene rings is 1. The first-order valence-electron chi connectivity index (χ1n) is 5.10. The van der Waals surface area contributed by atoms with Crippen molar-refractivity contribution in [3.8, 4) is 0 Å². The van der Waals surface area contributed by atoms with Crippen LogP contribution in [-0.4, -0.2) is 12.5 Å². The Labute approximate surface area is 109 Å². The van der Waals surface area contributed by atoms with Gasteiger partial charge in [-0.05, 0) is 33.6 Å². The molecule has 0 bridgehead atoms. The molecule has 0 unspecified atom stereocenters. The Bertz CT molecular complexity index is 470. The number of carbonyl (C=O) groups excluding carboxylic acids is 1. The second-order valence-corrected chi connectivity index (χ2v) is 6.06. The first kappa shape index (κ1) is 11.9. The van der Waals surface area contributed by atoms with Gasteiger partial charge in [-0.1, -0.05) is 25.4 Å². The van der Waals surface area contributed by atoms with E-state index >= 15 is 0 Å². The number of amides is 1. The molecule has 1 amide bonds. The molecule has 0 radical (unpaired) electrons. The van der Waals surface area contributed by atoms with Crippen LogP contribution in [0.1, 0.15) is 26.3 Å². The Morgan fingerprint density at radius 1 is 1.50 bits per heavy atom. The van der Waals surface area contributed by atoms with Gasteiger partial charge in [-0.15, -0.1) is 0 Å². The van der Waals surface area contributed by atoms with Crippen molar-refractivity contribution in [1.82, 2.24) is 0 Å². The quantitative estimate of drug-likeness (QED) is 0.715. The number of halogens is 2. The fourth-order valence-electron chi connectivity index (χ4n) is 2.18. The summed E-state index contributed by atoms with van der Waals surface area (Å²) in [7, 11) is 0. The molecule has 4 heteroatoms. The van der Waals surface area contributed by atoms with E-state index in [1.54, 1.807) is 11.8 Å².